The van der Waals surface area contributed by atoms with Crippen molar-refractivity contribution in [2.24, 2.45) is 0 Å². The highest BCUT2D eigenvalue weighted by Crippen LogP contribution is 2.17. The van der Waals surface area contributed by atoms with Gasteiger partial charge in [-0.25, -0.2) is 4.39 Å². The highest BCUT2D eigenvalue weighted by molar-refractivity contribution is 6.20. The summed E-state index contributed by atoms with van der Waals surface area (Å²) in [5, 5.41) is 0. The molecule has 1 N–H and O–H groups in total. The molecule has 0 saturated carbocycles. The van der Waals surface area contributed by atoms with Gasteiger partial charge in [-0.05, 0) is 13.8 Å². The average molecular weight is 191 g/mol. The first-order chi connectivity index (χ1) is 4.96. The zero-order valence-corrected chi connectivity index (χ0v) is 7.26. The van der Waals surface area contributed by atoms with E-state index in [1.54, 1.807) is 13.8 Å². The van der Waals surface area contributed by atoms with E-state index in [0.29, 0.717) is 0 Å². The van der Waals surface area contributed by atoms with Crippen molar-refractivity contribution >= 4 is 11.6 Å². The molecule has 1 nitrogen and oxygen atoms in total. The largest absolute Gasteiger partial charge is 0.434 e. The summed E-state index contributed by atoms with van der Waals surface area (Å²) in [6.07, 6.45) is 0. The zero-order chi connectivity index (χ0) is 9.07. The molecule has 1 atom stereocenters. The van der Waals surface area contributed by atoms with Crippen LogP contribution in [-0.2, 0) is 0 Å². The van der Waals surface area contributed by atoms with Crippen molar-refractivity contribution < 1.29 is 18.1 Å². The Labute approximate surface area is 69.1 Å². The van der Waals surface area contributed by atoms with Gasteiger partial charge < -0.3 is 0 Å². The van der Waals surface area contributed by atoms with E-state index in [2.05, 4.69) is 11.6 Å². The Kier molecular flexibility index (Phi) is 4.18. The molecule has 0 spiro atoms. The van der Waals surface area contributed by atoms with Crippen LogP contribution in [0.25, 0.3) is 0 Å². The molecule has 68 valence electrons. The molecule has 0 bridgehead atoms. The van der Waals surface area contributed by atoms with E-state index >= 15 is 0 Å². The van der Waals surface area contributed by atoms with Gasteiger partial charge in [0.05, 0.1) is 13.1 Å². The molecule has 5 heteroatoms. The number of nitrogens with one attached hydrogen (secondary N) is 1. The Balaban J connectivity index is 4.24. The number of hydrogen-bond donors (Lipinski definition) is 1. The summed E-state index contributed by atoms with van der Waals surface area (Å²) in [5.41, 5.74) is -2.60. The minimum absolute atomic E-state index is 0.139. The first-order valence-electron chi connectivity index (χ1n) is 3.47. The highest BCUT2D eigenvalue weighted by Gasteiger charge is 2.48. The van der Waals surface area contributed by atoms with E-state index in [4.69, 9.17) is 0 Å². The van der Waals surface area contributed by atoms with Crippen molar-refractivity contribution in [1.82, 2.24) is 0 Å². The van der Waals surface area contributed by atoms with Gasteiger partial charge in [-0.3, -0.25) is 4.90 Å². The number of hydrogen-bond acceptors (Lipinski definition) is 0. The summed E-state index contributed by atoms with van der Waals surface area (Å²) >= 11 is 4.68. The maximum Gasteiger partial charge on any atom is 0.434 e. The third-order valence-corrected chi connectivity index (χ3v) is 1.87. The molecule has 0 unspecified atom stereocenters. The van der Waals surface area contributed by atoms with E-state index in [9.17, 15) is 13.2 Å². The lowest BCUT2D eigenvalue weighted by Crippen LogP contribution is -3.19. The van der Waals surface area contributed by atoms with Crippen molar-refractivity contribution in [3.05, 3.63) is 0 Å². The number of rotatable bonds is 4. The van der Waals surface area contributed by atoms with Crippen molar-refractivity contribution in [3.8, 4) is 0 Å². The molecule has 11 heavy (non-hydrogen) atoms. The van der Waals surface area contributed by atoms with Crippen molar-refractivity contribution in [3.63, 3.8) is 0 Å². The Morgan fingerprint density at radius 1 is 1.36 bits per heavy atom. The van der Waals surface area contributed by atoms with Gasteiger partial charge in [-0.15, -0.1) is 8.78 Å². The van der Waals surface area contributed by atoms with Gasteiger partial charge in [0.2, 0.25) is 0 Å². The maximum atomic E-state index is 12.7. The van der Waals surface area contributed by atoms with Crippen LogP contribution in [0.1, 0.15) is 13.8 Å². The van der Waals surface area contributed by atoms with Gasteiger partial charge in [-0.1, -0.05) is 11.6 Å². The molecule has 0 amide bonds. The summed E-state index contributed by atoms with van der Waals surface area (Å²) in [4.78, 5) is -0.139. The zero-order valence-electron chi connectivity index (χ0n) is 6.50. The molecule has 0 aliphatic carbocycles. The third-order valence-electron chi connectivity index (χ3n) is 1.60. The fourth-order valence-electron chi connectivity index (χ4n) is 0.876. The molecular weight excluding hydrogens is 179 g/mol. The van der Waals surface area contributed by atoms with Crippen LogP contribution in [0.3, 0.4) is 0 Å². The molecule has 0 rings (SSSR count). The van der Waals surface area contributed by atoms with E-state index < -0.39 is 11.7 Å². The van der Waals surface area contributed by atoms with Gasteiger partial charge >= 0.3 is 6.05 Å². The Morgan fingerprint density at radius 3 is 1.82 bits per heavy atom. The second-order valence-electron chi connectivity index (χ2n) is 2.23. The van der Waals surface area contributed by atoms with Gasteiger partial charge in [-0.2, -0.15) is 0 Å². The monoisotopic (exact) mass is 190 g/mol. The molecule has 0 fully saturated rings. The van der Waals surface area contributed by atoms with E-state index in [-0.39, 0.29) is 18.0 Å². The molecule has 0 aromatic rings. The lowest BCUT2D eigenvalue weighted by Gasteiger charge is -2.25. The summed E-state index contributed by atoms with van der Waals surface area (Å²) in [5.74, 6) is 0. The number of alkyl halides is 4. The van der Waals surface area contributed by atoms with Crippen LogP contribution < -0.4 is 4.90 Å². The molecule has 0 heterocycles. The van der Waals surface area contributed by atoms with Crippen LogP contribution in [0.5, 0.6) is 0 Å². The van der Waals surface area contributed by atoms with Crippen molar-refractivity contribution in [1.29, 1.82) is 0 Å². The first-order valence-corrected chi connectivity index (χ1v) is 3.91. The lowest BCUT2D eigenvalue weighted by molar-refractivity contribution is -0.987. The summed E-state index contributed by atoms with van der Waals surface area (Å²) in [7, 11) is 0. The Hall–Kier alpha value is 0.0400. The lowest BCUT2D eigenvalue weighted by atomic mass is 10.4. The maximum absolute atomic E-state index is 12.7. The van der Waals surface area contributed by atoms with Crippen LogP contribution in [0.15, 0.2) is 0 Å². The first kappa shape index (κ1) is 11.0. The number of halogens is 4. The normalized spacial score (nSPS) is 15.5. The Bertz CT molecular complexity index is 114. The topological polar surface area (TPSA) is 4.44 Å². The van der Waals surface area contributed by atoms with Crippen LogP contribution in [0.2, 0.25) is 0 Å². The van der Waals surface area contributed by atoms with Crippen LogP contribution >= 0.6 is 11.6 Å². The second kappa shape index (κ2) is 4.16. The average Bonchev–Trinajstić information content (AvgIpc) is 1.89. The van der Waals surface area contributed by atoms with Crippen molar-refractivity contribution in [2.45, 2.75) is 25.5 Å². The van der Waals surface area contributed by atoms with Gasteiger partial charge in [0.25, 0.3) is 5.63 Å². The predicted molar refractivity (Wildman–Crippen MR) is 37.7 cm³/mol. The third kappa shape index (κ3) is 2.52. The summed E-state index contributed by atoms with van der Waals surface area (Å²) in [6.45, 7) is 3.45. The SMILES string of the molecule is CC[NH+](CC)C(F)(F)[C@@H](F)Cl. The van der Waals surface area contributed by atoms with Crippen LogP contribution in [-0.4, -0.2) is 24.8 Å². The minimum atomic E-state index is -3.47. The fraction of sp³-hybridized carbons (Fsp3) is 1.00. The minimum Gasteiger partial charge on any atom is -0.271 e. The molecule has 0 aromatic heterocycles. The van der Waals surface area contributed by atoms with Gasteiger partial charge in [0.1, 0.15) is 0 Å². The van der Waals surface area contributed by atoms with Crippen LogP contribution in [0, 0.1) is 0 Å². The standard InChI is InChI=1S/C6H11ClF3N/c1-3-11(4-2)6(9,10)5(7)8/h5H,3-4H2,1-2H3/p+1/t5-/m1/s1. The summed E-state index contributed by atoms with van der Waals surface area (Å²) in [6, 6.07) is -3.47. The van der Waals surface area contributed by atoms with Gasteiger partial charge in [0.15, 0.2) is 0 Å². The second-order valence-corrected chi connectivity index (χ2v) is 2.62. The summed E-state index contributed by atoms with van der Waals surface area (Å²) < 4.78 is 37.4. The Morgan fingerprint density at radius 2 is 1.73 bits per heavy atom. The molecule has 0 aromatic carbocycles. The van der Waals surface area contributed by atoms with Gasteiger partial charge in [0, 0.05) is 0 Å². The van der Waals surface area contributed by atoms with Crippen LogP contribution in [0.4, 0.5) is 13.2 Å². The highest BCUT2D eigenvalue weighted by atomic mass is 35.5. The van der Waals surface area contributed by atoms with E-state index in [0.717, 1.165) is 0 Å². The fourth-order valence-corrected chi connectivity index (χ4v) is 1.03. The quantitative estimate of drug-likeness (QED) is 0.499. The molecule has 0 aliphatic rings. The predicted octanol–water partition coefficient (Wildman–Crippen LogP) is 1.04. The number of quaternary nitrogens is 1. The molecule has 0 saturated heterocycles. The smallest absolute Gasteiger partial charge is 0.271 e. The van der Waals surface area contributed by atoms with Crippen molar-refractivity contribution in [2.75, 3.05) is 13.1 Å². The molecule has 0 aliphatic heterocycles. The molecule has 0 radical (unpaired) electrons. The van der Waals surface area contributed by atoms with E-state index in [1.165, 1.54) is 0 Å². The van der Waals surface area contributed by atoms with E-state index in [1.807, 2.05) is 0 Å². The molecular formula is C6H12ClF3N+.